The van der Waals surface area contributed by atoms with E-state index in [1.54, 1.807) is 14.1 Å². The lowest BCUT2D eigenvalue weighted by Gasteiger charge is -2.32. The number of nitrogens with one attached hydrogen (secondary N) is 2. The molecule has 0 aromatic carbocycles. The normalized spacial score (nSPS) is 26.0. The minimum absolute atomic E-state index is 0.213. The van der Waals surface area contributed by atoms with E-state index in [9.17, 15) is 9.59 Å². The van der Waals surface area contributed by atoms with Gasteiger partial charge in [0.2, 0.25) is 5.91 Å². The van der Waals surface area contributed by atoms with Gasteiger partial charge in [-0.2, -0.15) is 0 Å². The van der Waals surface area contributed by atoms with Crippen LogP contribution < -0.4 is 16.7 Å². The van der Waals surface area contributed by atoms with Gasteiger partial charge >= 0.3 is 5.69 Å². The topological polar surface area (TPSA) is 106 Å². The van der Waals surface area contributed by atoms with Crippen LogP contribution in [-0.4, -0.2) is 39.0 Å². The highest BCUT2D eigenvalue weighted by molar-refractivity contribution is 7.99. The van der Waals surface area contributed by atoms with E-state index in [1.807, 2.05) is 0 Å². The van der Waals surface area contributed by atoms with Crippen molar-refractivity contribution in [3.05, 3.63) is 10.5 Å². The number of primary amides is 1. The van der Waals surface area contributed by atoms with Crippen molar-refractivity contribution < 1.29 is 4.79 Å². The SMILES string of the molecule is CNC1(C(N)=O)CCCC1CCSc1n[nH]c(=O)n1C. The second-order valence-electron chi connectivity index (χ2n) is 5.18. The Bertz CT molecular complexity index is 540. The van der Waals surface area contributed by atoms with Crippen LogP contribution >= 0.6 is 11.8 Å². The van der Waals surface area contributed by atoms with Crippen molar-refractivity contribution in [2.45, 2.75) is 36.4 Å². The monoisotopic (exact) mass is 299 g/mol. The van der Waals surface area contributed by atoms with E-state index in [0.717, 1.165) is 31.4 Å². The van der Waals surface area contributed by atoms with Crippen LogP contribution in [0.25, 0.3) is 0 Å². The molecule has 0 aliphatic heterocycles. The molecule has 1 aromatic heterocycles. The number of carbonyl (C=O) groups excluding carboxylic acids is 1. The lowest BCUT2D eigenvalue weighted by atomic mass is 9.84. The molecule has 1 aliphatic rings. The van der Waals surface area contributed by atoms with Crippen molar-refractivity contribution in [2.24, 2.45) is 18.7 Å². The maximum Gasteiger partial charge on any atom is 0.343 e. The van der Waals surface area contributed by atoms with Crippen LogP contribution in [0.3, 0.4) is 0 Å². The zero-order valence-electron chi connectivity index (χ0n) is 11.8. The summed E-state index contributed by atoms with van der Waals surface area (Å²) in [7, 11) is 3.48. The molecule has 1 saturated carbocycles. The Morgan fingerprint density at radius 1 is 1.70 bits per heavy atom. The number of aromatic amines is 1. The number of amides is 1. The predicted molar refractivity (Wildman–Crippen MR) is 77.5 cm³/mol. The van der Waals surface area contributed by atoms with Gasteiger partial charge in [-0.15, -0.1) is 5.10 Å². The van der Waals surface area contributed by atoms with Crippen LogP contribution in [-0.2, 0) is 11.8 Å². The van der Waals surface area contributed by atoms with Gasteiger partial charge in [-0.25, -0.2) is 9.89 Å². The fraction of sp³-hybridized carbons (Fsp3) is 0.750. The summed E-state index contributed by atoms with van der Waals surface area (Å²) in [4.78, 5) is 23.0. The van der Waals surface area contributed by atoms with E-state index in [4.69, 9.17) is 5.73 Å². The largest absolute Gasteiger partial charge is 0.368 e. The first kappa shape index (κ1) is 15.1. The minimum Gasteiger partial charge on any atom is -0.368 e. The number of likely N-dealkylation sites (N-methyl/N-ethyl adjacent to an activating group) is 1. The van der Waals surface area contributed by atoms with Gasteiger partial charge in [0.05, 0.1) is 0 Å². The Morgan fingerprint density at radius 3 is 3.00 bits per heavy atom. The minimum atomic E-state index is -0.571. The van der Waals surface area contributed by atoms with Crippen molar-refractivity contribution in [2.75, 3.05) is 12.8 Å². The van der Waals surface area contributed by atoms with Crippen molar-refractivity contribution in [1.29, 1.82) is 0 Å². The molecule has 2 atom stereocenters. The first-order valence-electron chi connectivity index (χ1n) is 6.74. The predicted octanol–water partition coefficient (Wildman–Crippen LogP) is -0.166. The Morgan fingerprint density at radius 2 is 2.45 bits per heavy atom. The number of H-pyrrole nitrogens is 1. The summed E-state index contributed by atoms with van der Waals surface area (Å²) in [5.74, 6) is 0.785. The Kier molecular flexibility index (Phi) is 4.54. The Hall–Kier alpha value is -1.28. The smallest absolute Gasteiger partial charge is 0.343 e. The quantitative estimate of drug-likeness (QED) is 0.633. The second kappa shape index (κ2) is 6.01. The molecule has 0 bridgehead atoms. The summed E-state index contributed by atoms with van der Waals surface area (Å²) in [6.07, 6.45) is 3.69. The maximum atomic E-state index is 11.7. The molecular formula is C12H21N5O2S. The summed E-state index contributed by atoms with van der Waals surface area (Å²) in [5, 5.41) is 10.2. The van der Waals surface area contributed by atoms with E-state index < -0.39 is 5.54 Å². The molecule has 1 fully saturated rings. The Balaban J connectivity index is 1.95. The fourth-order valence-corrected chi connectivity index (χ4v) is 3.97. The molecule has 4 N–H and O–H groups in total. The highest BCUT2D eigenvalue weighted by Gasteiger charge is 2.46. The molecule has 7 nitrogen and oxygen atoms in total. The third-order valence-electron chi connectivity index (χ3n) is 4.24. The standard InChI is InChI=1S/C12H21N5O2S/c1-14-12(9(13)18)6-3-4-8(12)5-7-20-11-16-15-10(19)17(11)2/h8,14H,3-7H2,1-2H3,(H2,13,18)(H,15,19). The zero-order valence-corrected chi connectivity index (χ0v) is 12.6. The number of carbonyl (C=O) groups is 1. The van der Waals surface area contributed by atoms with Gasteiger partial charge in [0, 0.05) is 12.8 Å². The highest BCUT2D eigenvalue weighted by Crippen LogP contribution is 2.38. The molecule has 2 unspecified atom stereocenters. The van der Waals surface area contributed by atoms with E-state index in [2.05, 4.69) is 15.5 Å². The first-order valence-corrected chi connectivity index (χ1v) is 7.73. The van der Waals surface area contributed by atoms with Gasteiger partial charge in [-0.05, 0) is 32.2 Å². The molecule has 1 aliphatic carbocycles. The summed E-state index contributed by atoms with van der Waals surface area (Å²) in [6, 6.07) is 0. The molecule has 1 heterocycles. The van der Waals surface area contributed by atoms with E-state index in [0.29, 0.717) is 5.16 Å². The highest BCUT2D eigenvalue weighted by atomic mass is 32.2. The van der Waals surface area contributed by atoms with Gasteiger partial charge in [0.25, 0.3) is 0 Å². The number of nitrogens with zero attached hydrogens (tertiary/aromatic N) is 2. The van der Waals surface area contributed by atoms with Crippen molar-refractivity contribution >= 4 is 17.7 Å². The van der Waals surface area contributed by atoms with Gasteiger partial charge in [-0.1, -0.05) is 18.2 Å². The van der Waals surface area contributed by atoms with E-state index >= 15 is 0 Å². The average molecular weight is 299 g/mol. The zero-order chi connectivity index (χ0) is 14.8. The molecule has 2 rings (SSSR count). The van der Waals surface area contributed by atoms with E-state index in [1.165, 1.54) is 16.3 Å². The van der Waals surface area contributed by atoms with Crippen molar-refractivity contribution in [3.63, 3.8) is 0 Å². The first-order chi connectivity index (χ1) is 9.51. The van der Waals surface area contributed by atoms with Gasteiger partial charge < -0.3 is 11.1 Å². The van der Waals surface area contributed by atoms with Crippen LogP contribution in [0.15, 0.2) is 9.95 Å². The number of hydrogen-bond donors (Lipinski definition) is 3. The van der Waals surface area contributed by atoms with Gasteiger partial charge in [0.15, 0.2) is 5.16 Å². The average Bonchev–Trinajstić information content (AvgIpc) is 2.97. The van der Waals surface area contributed by atoms with Gasteiger partial charge in [-0.3, -0.25) is 9.36 Å². The van der Waals surface area contributed by atoms with Gasteiger partial charge in [0.1, 0.15) is 5.54 Å². The van der Waals surface area contributed by atoms with E-state index in [-0.39, 0.29) is 17.5 Å². The van der Waals surface area contributed by atoms with Crippen molar-refractivity contribution in [1.82, 2.24) is 20.1 Å². The second-order valence-corrected chi connectivity index (χ2v) is 6.24. The third-order valence-corrected chi connectivity index (χ3v) is 5.31. The number of nitrogens with two attached hydrogens (primary N) is 1. The third kappa shape index (κ3) is 2.62. The summed E-state index contributed by atoms with van der Waals surface area (Å²) < 4.78 is 1.48. The lowest BCUT2D eigenvalue weighted by molar-refractivity contribution is -0.125. The van der Waals surface area contributed by atoms with Crippen LogP contribution in [0.5, 0.6) is 0 Å². The molecule has 0 radical (unpaired) electrons. The summed E-state index contributed by atoms with van der Waals surface area (Å²) in [5.41, 5.74) is 4.79. The number of hydrogen-bond acceptors (Lipinski definition) is 5. The Labute approximate surface area is 121 Å². The lowest BCUT2D eigenvalue weighted by Crippen LogP contribution is -2.56. The maximum absolute atomic E-state index is 11.7. The number of aromatic nitrogens is 3. The number of rotatable bonds is 6. The molecule has 8 heteroatoms. The van der Waals surface area contributed by atoms with Crippen LogP contribution in [0.4, 0.5) is 0 Å². The summed E-state index contributed by atoms with van der Waals surface area (Å²) in [6.45, 7) is 0. The summed E-state index contributed by atoms with van der Waals surface area (Å²) >= 11 is 1.52. The molecule has 20 heavy (non-hydrogen) atoms. The fourth-order valence-electron chi connectivity index (χ4n) is 3.00. The molecule has 0 saturated heterocycles. The molecule has 112 valence electrons. The van der Waals surface area contributed by atoms with Crippen molar-refractivity contribution in [3.8, 4) is 0 Å². The molecule has 1 aromatic rings. The number of thioether (sulfide) groups is 1. The van der Waals surface area contributed by atoms with Crippen LogP contribution in [0, 0.1) is 5.92 Å². The molecular weight excluding hydrogens is 278 g/mol. The molecule has 1 amide bonds. The van der Waals surface area contributed by atoms with Crippen LogP contribution in [0.1, 0.15) is 25.7 Å². The molecule has 0 spiro atoms. The van der Waals surface area contributed by atoms with Crippen LogP contribution in [0.2, 0.25) is 0 Å².